The summed E-state index contributed by atoms with van der Waals surface area (Å²) in [5, 5.41) is 10.5. The molecule has 0 aliphatic heterocycles. The lowest BCUT2D eigenvalue weighted by molar-refractivity contribution is 1.51. The van der Waals surface area contributed by atoms with E-state index in [1.807, 2.05) is 12.1 Å². The van der Waals surface area contributed by atoms with E-state index >= 15 is 0 Å². The van der Waals surface area contributed by atoms with Crippen LogP contribution in [0.4, 0.5) is 0 Å². The molecule has 0 spiro atoms. The highest BCUT2D eigenvalue weighted by Gasteiger charge is 2.06. The van der Waals surface area contributed by atoms with Crippen LogP contribution in [0.2, 0.25) is 5.02 Å². The van der Waals surface area contributed by atoms with Gasteiger partial charge in [-0.05, 0) is 46.2 Å². The summed E-state index contributed by atoms with van der Waals surface area (Å²) in [4.78, 5) is 0. The molecule has 13 heavy (non-hydrogen) atoms. The van der Waals surface area contributed by atoms with E-state index in [0.29, 0.717) is 10.6 Å². The number of fused-ring (bicyclic) bond motifs is 1. The Kier molecular flexibility index (Phi) is 2.45. The Hall–Kier alpha value is -0.310. The SMILES string of the molecule is N#Cc1cc(Cl)cc2cc(I)sc12. The van der Waals surface area contributed by atoms with Crippen molar-refractivity contribution in [1.82, 2.24) is 0 Å². The van der Waals surface area contributed by atoms with E-state index in [0.717, 1.165) is 10.1 Å². The fraction of sp³-hybridized carbons (Fsp3) is 0. The molecular weight excluding hydrogens is 317 g/mol. The summed E-state index contributed by atoms with van der Waals surface area (Å²) in [6, 6.07) is 7.77. The van der Waals surface area contributed by atoms with E-state index in [4.69, 9.17) is 16.9 Å². The van der Waals surface area contributed by atoms with Crippen molar-refractivity contribution in [3.63, 3.8) is 0 Å². The first kappa shape index (κ1) is 9.25. The molecular formula is C9H3ClINS. The molecule has 0 amide bonds. The van der Waals surface area contributed by atoms with Crippen LogP contribution in [-0.2, 0) is 0 Å². The minimum absolute atomic E-state index is 0.623. The van der Waals surface area contributed by atoms with Crippen LogP contribution in [0, 0.1) is 14.2 Å². The molecule has 0 bridgehead atoms. The van der Waals surface area contributed by atoms with Crippen LogP contribution in [-0.4, -0.2) is 0 Å². The molecule has 0 saturated heterocycles. The highest BCUT2D eigenvalue weighted by molar-refractivity contribution is 14.1. The van der Waals surface area contributed by atoms with Crippen molar-refractivity contribution in [2.75, 3.05) is 0 Å². The number of thiophene rings is 1. The third kappa shape index (κ3) is 1.66. The van der Waals surface area contributed by atoms with Crippen molar-refractivity contribution in [2.24, 2.45) is 0 Å². The number of hydrogen-bond donors (Lipinski definition) is 0. The van der Waals surface area contributed by atoms with Crippen LogP contribution in [0.15, 0.2) is 18.2 Å². The van der Waals surface area contributed by atoms with Gasteiger partial charge in [0.05, 0.1) is 13.1 Å². The predicted octanol–water partition coefficient (Wildman–Crippen LogP) is 4.03. The molecule has 0 N–H and O–H groups in total. The monoisotopic (exact) mass is 319 g/mol. The number of hydrogen-bond acceptors (Lipinski definition) is 2. The summed E-state index contributed by atoms with van der Waals surface area (Å²) in [5.74, 6) is 0. The first-order valence-electron chi connectivity index (χ1n) is 3.49. The molecule has 1 aromatic heterocycles. The van der Waals surface area contributed by atoms with Crippen molar-refractivity contribution in [3.8, 4) is 6.07 Å². The van der Waals surface area contributed by atoms with Crippen LogP contribution in [0.3, 0.4) is 0 Å². The second-order valence-electron chi connectivity index (χ2n) is 2.53. The molecule has 0 atom stereocenters. The minimum atomic E-state index is 0.623. The Labute approximate surface area is 98.1 Å². The van der Waals surface area contributed by atoms with Gasteiger partial charge in [-0.15, -0.1) is 11.3 Å². The van der Waals surface area contributed by atoms with Gasteiger partial charge in [0.25, 0.3) is 0 Å². The standard InChI is InChI=1S/C9H3ClINS/c10-7-1-5-3-8(11)13-9(5)6(2-7)4-12/h1-3H. The molecule has 64 valence electrons. The van der Waals surface area contributed by atoms with Crippen LogP contribution >= 0.6 is 45.5 Å². The molecule has 4 heteroatoms. The van der Waals surface area contributed by atoms with Crippen LogP contribution in [0.1, 0.15) is 5.56 Å². The van der Waals surface area contributed by atoms with E-state index in [1.54, 1.807) is 17.4 Å². The Balaban J connectivity index is 2.90. The quantitative estimate of drug-likeness (QED) is 0.673. The predicted molar refractivity (Wildman–Crippen MR) is 64.3 cm³/mol. The largest absolute Gasteiger partial charge is 0.192 e. The maximum atomic E-state index is 8.86. The lowest BCUT2D eigenvalue weighted by Crippen LogP contribution is -1.73. The Morgan fingerprint density at radius 1 is 1.38 bits per heavy atom. The summed E-state index contributed by atoms with van der Waals surface area (Å²) >= 11 is 9.72. The smallest absolute Gasteiger partial charge is 0.101 e. The van der Waals surface area contributed by atoms with Crippen molar-refractivity contribution >= 4 is 55.6 Å². The van der Waals surface area contributed by atoms with E-state index in [2.05, 4.69) is 28.7 Å². The zero-order chi connectivity index (χ0) is 9.42. The van der Waals surface area contributed by atoms with Crippen LogP contribution in [0.25, 0.3) is 10.1 Å². The third-order valence-corrected chi connectivity index (χ3v) is 3.83. The summed E-state index contributed by atoms with van der Waals surface area (Å²) in [6.45, 7) is 0. The minimum Gasteiger partial charge on any atom is -0.192 e. The van der Waals surface area contributed by atoms with Crippen molar-refractivity contribution < 1.29 is 0 Å². The van der Waals surface area contributed by atoms with E-state index in [1.165, 1.54) is 2.88 Å². The van der Waals surface area contributed by atoms with Gasteiger partial charge in [0.2, 0.25) is 0 Å². The van der Waals surface area contributed by atoms with Gasteiger partial charge in [-0.3, -0.25) is 0 Å². The number of rotatable bonds is 0. The van der Waals surface area contributed by atoms with Gasteiger partial charge in [0.1, 0.15) is 6.07 Å². The zero-order valence-electron chi connectivity index (χ0n) is 6.34. The van der Waals surface area contributed by atoms with E-state index in [9.17, 15) is 0 Å². The molecule has 2 rings (SSSR count). The Morgan fingerprint density at radius 2 is 2.15 bits per heavy atom. The average Bonchev–Trinajstić information content (AvgIpc) is 2.43. The molecule has 0 saturated carbocycles. The molecule has 0 radical (unpaired) electrons. The summed E-state index contributed by atoms with van der Waals surface area (Å²) < 4.78 is 2.20. The molecule has 0 aliphatic carbocycles. The van der Waals surface area contributed by atoms with Crippen molar-refractivity contribution in [1.29, 1.82) is 5.26 Å². The van der Waals surface area contributed by atoms with Gasteiger partial charge in [-0.2, -0.15) is 5.26 Å². The summed E-state index contributed by atoms with van der Waals surface area (Å²) in [5.41, 5.74) is 0.662. The van der Waals surface area contributed by atoms with Gasteiger partial charge in [-0.25, -0.2) is 0 Å². The van der Waals surface area contributed by atoms with E-state index in [-0.39, 0.29) is 0 Å². The number of nitriles is 1. The lowest BCUT2D eigenvalue weighted by atomic mass is 10.2. The van der Waals surface area contributed by atoms with Gasteiger partial charge in [0.15, 0.2) is 0 Å². The van der Waals surface area contributed by atoms with E-state index < -0.39 is 0 Å². The first-order chi connectivity index (χ1) is 6.20. The summed E-state index contributed by atoms with van der Waals surface area (Å²) in [7, 11) is 0. The Morgan fingerprint density at radius 3 is 2.85 bits per heavy atom. The molecule has 0 fully saturated rings. The molecule has 1 aromatic carbocycles. The second kappa shape index (κ2) is 3.45. The van der Waals surface area contributed by atoms with Gasteiger partial charge >= 0.3 is 0 Å². The molecule has 1 heterocycles. The lowest BCUT2D eigenvalue weighted by Gasteiger charge is -1.93. The molecule has 0 aliphatic rings. The molecule has 0 unspecified atom stereocenters. The van der Waals surface area contributed by atoms with Crippen molar-refractivity contribution in [3.05, 3.63) is 31.7 Å². The maximum absolute atomic E-state index is 8.86. The molecule has 1 nitrogen and oxygen atoms in total. The number of benzene rings is 1. The second-order valence-corrected chi connectivity index (χ2v) is 5.92. The molecule has 2 aromatic rings. The van der Waals surface area contributed by atoms with Gasteiger partial charge in [0, 0.05) is 5.02 Å². The average molecular weight is 320 g/mol. The maximum Gasteiger partial charge on any atom is 0.101 e. The van der Waals surface area contributed by atoms with Crippen LogP contribution in [0.5, 0.6) is 0 Å². The highest BCUT2D eigenvalue weighted by Crippen LogP contribution is 2.31. The summed E-state index contributed by atoms with van der Waals surface area (Å²) in [6.07, 6.45) is 0. The van der Waals surface area contributed by atoms with Gasteiger partial charge in [-0.1, -0.05) is 11.6 Å². The first-order valence-corrected chi connectivity index (χ1v) is 5.77. The highest BCUT2D eigenvalue weighted by atomic mass is 127. The third-order valence-electron chi connectivity index (χ3n) is 1.67. The fourth-order valence-electron chi connectivity index (χ4n) is 1.17. The number of nitrogens with zero attached hydrogens (tertiary/aromatic N) is 1. The zero-order valence-corrected chi connectivity index (χ0v) is 10.1. The van der Waals surface area contributed by atoms with Crippen LogP contribution < -0.4 is 0 Å². The van der Waals surface area contributed by atoms with Crippen molar-refractivity contribution in [2.45, 2.75) is 0 Å². The topological polar surface area (TPSA) is 23.8 Å². The Bertz CT molecular complexity index is 512. The number of halogens is 2. The fourth-order valence-corrected chi connectivity index (χ4v) is 3.22. The van der Waals surface area contributed by atoms with Gasteiger partial charge < -0.3 is 0 Å². The normalized spacial score (nSPS) is 10.2.